The van der Waals surface area contributed by atoms with Crippen molar-refractivity contribution in [3.63, 3.8) is 0 Å². The van der Waals surface area contributed by atoms with E-state index in [0.717, 1.165) is 15.1 Å². The van der Waals surface area contributed by atoms with Gasteiger partial charge in [-0.2, -0.15) is 0 Å². The van der Waals surface area contributed by atoms with Crippen molar-refractivity contribution >= 4 is 62.9 Å². The molecule has 0 spiro atoms. The van der Waals surface area contributed by atoms with Crippen molar-refractivity contribution in [1.29, 1.82) is 0 Å². The van der Waals surface area contributed by atoms with Crippen molar-refractivity contribution in [1.82, 2.24) is 19.9 Å². The number of nitrogens with one attached hydrogen (secondary N) is 1. The SMILES string of the molecule is Cl.Nc1cnc(C#Cc2cc3c(Nc4ccc(Oc5cccc(F)c5)c(Cl)c4)ncnc3s2)cn1. The highest BCUT2D eigenvalue weighted by atomic mass is 35.5. The fraction of sp³-hybridized carbons (Fsp3) is 0. The zero-order chi connectivity index (χ0) is 23.5. The summed E-state index contributed by atoms with van der Waals surface area (Å²) in [7, 11) is 0. The van der Waals surface area contributed by atoms with E-state index in [1.807, 2.05) is 6.07 Å². The Bertz CT molecular complexity index is 1570. The Kier molecular flexibility index (Phi) is 7.27. The van der Waals surface area contributed by atoms with Crippen LogP contribution in [-0.2, 0) is 0 Å². The van der Waals surface area contributed by atoms with Gasteiger partial charge >= 0.3 is 0 Å². The van der Waals surface area contributed by atoms with Crippen molar-refractivity contribution in [2.75, 3.05) is 11.1 Å². The van der Waals surface area contributed by atoms with Gasteiger partial charge in [-0.1, -0.05) is 17.7 Å². The number of aromatic nitrogens is 4. The Balaban J connectivity index is 0.00000289. The van der Waals surface area contributed by atoms with E-state index in [1.54, 1.807) is 30.3 Å². The van der Waals surface area contributed by atoms with E-state index in [1.165, 1.54) is 42.2 Å². The molecule has 2 aromatic carbocycles. The fourth-order valence-electron chi connectivity index (χ4n) is 3.00. The predicted molar refractivity (Wildman–Crippen MR) is 138 cm³/mol. The van der Waals surface area contributed by atoms with E-state index in [0.29, 0.717) is 39.5 Å². The number of halogens is 3. The van der Waals surface area contributed by atoms with Crippen LogP contribution in [0.25, 0.3) is 10.2 Å². The predicted octanol–water partition coefficient (Wildman–Crippen LogP) is 6.21. The van der Waals surface area contributed by atoms with E-state index in [-0.39, 0.29) is 18.2 Å². The summed E-state index contributed by atoms with van der Waals surface area (Å²) in [6, 6.07) is 13.0. The van der Waals surface area contributed by atoms with Crippen LogP contribution in [0.4, 0.5) is 21.7 Å². The number of hydrogen-bond acceptors (Lipinski definition) is 8. The molecule has 7 nitrogen and oxygen atoms in total. The van der Waals surface area contributed by atoms with E-state index in [2.05, 4.69) is 37.1 Å². The third-order valence-corrected chi connectivity index (χ3v) is 5.79. The first kappa shape index (κ1) is 24.2. The highest BCUT2D eigenvalue weighted by Gasteiger charge is 2.10. The maximum absolute atomic E-state index is 13.4. The number of nitrogens with two attached hydrogens (primary N) is 1. The molecule has 3 heterocycles. The second kappa shape index (κ2) is 10.5. The van der Waals surface area contributed by atoms with Crippen LogP contribution in [0.1, 0.15) is 10.6 Å². The van der Waals surface area contributed by atoms with Gasteiger partial charge in [0.05, 0.1) is 27.7 Å². The number of thiophene rings is 1. The molecule has 35 heavy (non-hydrogen) atoms. The lowest BCUT2D eigenvalue weighted by molar-refractivity contribution is 0.477. The summed E-state index contributed by atoms with van der Waals surface area (Å²) in [4.78, 5) is 18.4. The molecule has 3 aromatic heterocycles. The lowest BCUT2D eigenvalue weighted by Gasteiger charge is -2.11. The maximum Gasteiger partial charge on any atom is 0.146 e. The smallest absolute Gasteiger partial charge is 0.146 e. The van der Waals surface area contributed by atoms with Gasteiger partial charge in [0.25, 0.3) is 0 Å². The van der Waals surface area contributed by atoms with Gasteiger partial charge in [0.15, 0.2) is 0 Å². The molecule has 0 aliphatic carbocycles. The molecule has 0 atom stereocenters. The molecule has 11 heteroatoms. The molecule has 0 amide bonds. The third-order valence-electron chi connectivity index (χ3n) is 4.53. The minimum absolute atomic E-state index is 0. The monoisotopic (exact) mass is 524 g/mol. The molecule has 0 unspecified atom stereocenters. The summed E-state index contributed by atoms with van der Waals surface area (Å²) in [5.74, 6) is 7.36. The first-order chi connectivity index (χ1) is 16.5. The van der Waals surface area contributed by atoms with Crippen LogP contribution >= 0.6 is 35.3 Å². The van der Waals surface area contributed by atoms with Crippen LogP contribution in [0.2, 0.25) is 5.02 Å². The minimum atomic E-state index is -0.388. The number of nitrogens with zero attached hydrogens (tertiary/aromatic N) is 4. The van der Waals surface area contributed by atoms with Crippen LogP contribution in [0, 0.1) is 17.7 Å². The first-order valence-corrected chi connectivity index (χ1v) is 11.1. The average molecular weight is 525 g/mol. The van der Waals surface area contributed by atoms with Gasteiger partial charge in [0, 0.05) is 11.8 Å². The number of fused-ring (bicyclic) bond motifs is 1. The third kappa shape index (κ3) is 5.75. The van der Waals surface area contributed by atoms with Crippen LogP contribution in [0.3, 0.4) is 0 Å². The standard InChI is InChI=1S/C24H14ClFN6OS.ClH/c25-20-9-15(5-7-21(20)33-17-3-1-2-14(26)8-17)32-23-19-10-18(34-24(19)31-13-30-23)6-4-16-11-29-22(27)12-28-16;/h1-3,5,7-13H,(H2,27,29)(H,30,31,32);1H. The molecular formula is C24H15Cl2FN6OS. The summed E-state index contributed by atoms with van der Waals surface area (Å²) < 4.78 is 19.1. The van der Waals surface area contributed by atoms with Gasteiger partial charge in [-0.3, -0.25) is 0 Å². The van der Waals surface area contributed by atoms with Gasteiger partial charge in [0.1, 0.15) is 45.8 Å². The Hall–Kier alpha value is -3.97. The molecule has 174 valence electrons. The quantitative estimate of drug-likeness (QED) is 0.269. The fourth-order valence-corrected chi connectivity index (χ4v) is 4.07. The molecule has 0 fully saturated rings. The summed E-state index contributed by atoms with van der Waals surface area (Å²) in [5.41, 5.74) is 6.77. The van der Waals surface area contributed by atoms with Gasteiger partial charge in [-0.15, -0.1) is 23.7 Å². The normalized spacial score (nSPS) is 10.2. The Morgan fingerprint density at radius 3 is 2.66 bits per heavy atom. The molecule has 0 saturated heterocycles. The average Bonchev–Trinajstić information content (AvgIpc) is 3.25. The molecule has 0 aliphatic rings. The van der Waals surface area contributed by atoms with Crippen molar-refractivity contribution in [3.05, 3.63) is 88.7 Å². The van der Waals surface area contributed by atoms with Gasteiger partial charge in [-0.05, 0) is 48.2 Å². The molecule has 0 bridgehead atoms. The number of benzene rings is 2. The lowest BCUT2D eigenvalue weighted by Crippen LogP contribution is -1.95. The highest BCUT2D eigenvalue weighted by molar-refractivity contribution is 7.19. The van der Waals surface area contributed by atoms with E-state index in [9.17, 15) is 4.39 Å². The van der Waals surface area contributed by atoms with Crippen molar-refractivity contribution in [2.24, 2.45) is 0 Å². The van der Waals surface area contributed by atoms with Crippen molar-refractivity contribution < 1.29 is 9.13 Å². The van der Waals surface area contributed by atoms with Crippen molar-refractivity contribution in [2.45, 2.75) is 0 Å². The first-order valence-electron chi connectivity index (χ1n) is 9.87. The van der Waals surface area contributed by atoms with Crippen LogP contribution in [0.5, 0.6) is 11.5 Å². The largest absolute Gasteiger partial charge is 0.456 e. The summed E-state index contributed by atoms with van der Waals surface area (Å²) >= 11 is 7.83. The Morgan fingerprint density at radius 1 is 1.00 bits per heavy atom. The Morgan fingerprint density at radius 2 is 1.89 bits per heavy atom. The second-order valence-corrected chi connectivity index (χ2v) is 8.40. The molecule has 5 rings (SSSR count). The van der Waals surface area contributed by atoms with Gasteiger partial charge in [-0.25, -0.2) is 24.3 Å². The number of anilines is 3. The van der Waals surface area contributed by atoms with Gasteiger partial charge < -0.3 is 15.8 Å². The zero-order valence-corrected chi connectivity index (χ0v) is 20.1. The highest BCUT2D eigenvalue weighted by Crippen LogP contribution is 2.34. The summed E-state index contributed by atoms with van der Waals surface area (Å²) in [5, 5.41) is 4.43. The number of nitrogen functional groups attached to an aromatic ring is 1. The molecular weight excluding hydrogens is 510 g/mol. The molecule has 0 saturated carbocycles. The van der Waals surface area contributed by atoms with E-state index >= 15 is 0 Å². The molecule has 5 aromatic rings. The van der Waals surface area contributed by atoms with Crippen LogP contribution < -0.4 is 15.8 Å². The van der Waals surface area contributed by atoms with Crippen molar-refractivity contribution in [3.8, 4) is 23.3 Å². The van der Waals surface area contributed by atoms with Gasteiger partial charge in [0.2, 0.25) is 0 Å². The number of rotatable bonds is 4. The number of hydrogen-bond donors (Lipinski definition) is 2. The second-order valence-electron chi connectivity index (χ2n) is 6.96. The molecule has 3 N–H and O–H groups in total. The Labute approximate surface area is 214 Å². The zero-order valence-electron chi connectivity index (χ0n) is 17.7. The summed E-state index contributed by atoms with van der Waals surface area (Å²) in [6.07, 6.45) is 4.46. The summed E-state index contributed by atoms with van der Waals surface area (Å²) in [6.45, 7) is 0. The van der Waals surface area contributed by atoms with Crippen LogP contribution in [0.15, 0.2) is 67.3 Å². The molecule has 0 radical (unpaired) electrons. The maximum atomic E-state index is 13.4. The van der Waals surface area contributed by atoms with E-state index < -0.39 is 0 Å². The molecule has 0 aliphatic heterocycles. The topological polar surface area (TPSA) is 98.8 Å². The minimum Gasteiger partial charge on any atom is -0.456 e. The lowest BCUT2D eigenvalue weighted by atomic mass is 10.2. The number of ether oxygens (including phenoxy) is 1. The van der Waals surface area contributed by atoms with E-state index in [4.69, 9.17) is 22.1 Å². The van der Waals surface area contributed by atoms with Crippen LogP contribution in [-0.4, -0.2) is 19.9 Å².